The van der Waals surface area contributed by atoms with Gasteiger partial charge in [0.05, 0.1) is 59.0 Å². The zero-order chi connectivity index (χ0) is 21.3. The Hall–Kier alpha value is -1.26. The summed E-state index contributed by atoms with van der Waals surface area (Å²) in [5.41, 5.74) is 0. The molecule has 0 spiro atoms. The molecule has 9 nitrogen and oxygen atoms in total. The molecule has 0 aliphatic carbocycles. The van der Waals surface area contributed by atoms with Crippen molar-refractivity contribution in [2.45, 2.75) is 40.2 Å². The molecule has 2 N–H and O–H groups in total. The largest absolute Gasteiger partial charge is 0.377 e. The molecular formula is C19H40N2O7. The lowest BCUT2D eigenvalue weighted by atomic mass is 10.5. The van der Waals surface area contributed by atoms with Crippen LogP contribution in [-0.2, 0) is 33.3 Å². The third-order valence-corrected chi connectivity index (χ3v) is 2.71. The fourth-order valence-corrected chi connectivity index (χ4v) is 1.51. The van der Waals surface area contributed by atoms with Gasteiger partial charge in [-0.1, -0.05) is 20.3 Å². The number of amides is 2. The summed E-state index contributed by atoms with van der Waals surface area (Å²) in [6, 6.07) is 0. The lowest BCUT2D eigenvalue weighted by Gasteiger charge is -2.09. The third-order valence-electron chi connectivity index (χ3n) is 2.71. The van der Waals surface area contributed by atoms with Gasteiger partial charge < -0.3 is 34.3 Å². The lowest BCUT2D eigenvalue weighted by molar-refractivity contribution is -0.127. The van der Waals surface area contributed by atoms with Crippen LogP contribution in [0.4, 0.5) is 0 Å². The summed E-state index contributed by atoms with van der Waals surface area (Å²) in [6.45, 7) is 12.8. The van der Waals surface area contributed by atoms with Crippen LogP contribution in [0.2, 0.25) is 0 Å². The molecule has 0 fully saturated rings. The fraction of sp³-hybridized carbons (Fsp3) is 0.895. The van der Waals surface area contributed by atoms with Crippen molar-refractivity contribution in [3.63, 3.8) is 0 Å². The molecule has 28 heavy (non-hydrogen) atoms. The molecule has 168 valence electrons. The highest BCUT2D eigenvalue weighted by Crippen LogP contribution is 1.86. The predicted molar refractivity (Wildman–Crippen MR) is 107 cm³/mol. The van der Waals surface area contributed by atoms with E-state index in [1.807, 2.05) is 13.8 Å². The average Bonchev–Trinajstić information content (AvgIpc) is 2.66. The second kappa shape index (κ2) is 25.7. The second-order valence-corrected chi connectivity index (χ2v) is 5.94. The van der Waals surface area contributed by atoms with Crippen LogP contribution in [-0.4, -0.2) is 91.0 Å². The number of nitrogens with one attached hydrogen (secondary N) is 2. The van der Waals surface area contributed by atoms with Crippen molar-refractivity contribution in [2.75, 3.05) is 72.6 Å². The van der Waals surface area contributed by atoms with Gasteiger partial charge in [0.1, 0.15) is 6.61 Å². The van der Waals surface area contributed by atoms with E-state index in [2.05, 4.69) is 24.5 Å². The van der Waals surface area contributed by atoms with Crippen LogP contribution in [0.25, 0.3) is 0 Å². The minimum Gasteiger partial charge on any atom is -0.377 e. The van der Waals surface area contributed by atoms with Crippen molar-refractivity contribution in [2.24, 2.45) is 0 Å². The zero-order valence-electron chi connectivity index (χ0n) is 18.0. The van der Waals surface area contributed by atoms with Crippen molar-refractivity contribution in [1.29, 1.82) is 0 Å². The number of rotatable bonds is 19. The summed E-state index contributed by atoms with van der Waals surface area (Å²) < 4.78 is 26.4. The first-order chi connectivity index (χ1) is 13.6. The highest BCUT2D eigenvalue weighted by atomic mass is 16.6. The Labute approximate surface area is 169 Å². The topological polar surface area (TPSA) is 104 Å². The third kappa shape index (κ3) is 29.5. The molecule has 2 amide bonds. The van der Waals surface area contributed by atoms with E-state index in [9.17, 15) is 9.59 Å². The minimum absolute atomic E-state index is 0.0429. The molecule has 0 aromatic heterocycles. The van der Waals surface area contributed by atoms with Crippen molar-refractivity contribution in [1.82, 2.24) is 10.6 Å². The van der Waals surface area contributed by atoms with Crippen molar-refractivity contribution >= 4 is 12.3 Å². The minimum atomic E-state index is -0.144. The standard InChI is InChI=1S/C16H32N2O7.C3H8/c1-15(2)25-13-16(20)18-4-6-22-8-10-24-12-11-23-9-7-21-5-3-17-14-19;1-3-2/h14-15H,3-13H2,1-2H3,(H,17,19)(H,18,20);3H2,1-2H3. The maximum atomic E-state index is 11.3. The molecule has 0 radical (unpaired) electrons. The molecule has 0 heterocycles. The zero-order valence-corrected chi connectivity index (χ0v) is 18.0. The summed E-state index contributed by atoms with van der Waals surface area (Å²) >= 11 is 0. The van der Waals surface area contributed by atoms with E-state index in [1.165, 1.54) is 6.42 Å². The quantitative estimate of drug-likeness (QED) is 0.240. The highest BCUT2D eigenvalue weighted by Gasteiger charge is 2.02. The maximum absolute atomic E-state index is 11.3. The number of ether oxygens (including phenoxy) is 5. The van der Waals surface area contributed by atoms with Crippen LogP contribution in [0.3, 0.4) is 0 Å². The molecule has 0 aromatic carbocycles. The number of carbonyl (C=O) groups is 2. The van der Waals surface area contributed by atoms with Gasteiger partial charge in [-0.2, -0.15) is 0 Å². The normalized spacial score (nSPS) is 10.3. The Morgan fingerprint density at radius 3 is 1.68 bits per heavy atom. The molecule has 0 aromatic rings. The van der Waals surface area contributed by atoms with Crippen molar-refractivity contribution < 1.29 is 33.3 Å². The van der Waals surface area contributed by atoms with Gasteiger partial charge in [0.2, 0.25) is 12.3 Å². The lowest BCUT2D eigenvalue weighted by Crippen LogP contribution is -2.31. The van der Waals surface area contributed by atoms with Crippen LogP contribution < -0.4 is 10.6 Å². The number of carbonyl (C=O) groups excluding carboxylic acids is 2. The van der Waals surface area contributed by atoms with Gasteiger partial charge in [0.25, 0.3) is 0 Å². The maximum Gasteiger partial charge on any atom is 0.246 e. The summed E-state index contributed by atoms with van der Waals surface area (Å²) in [4.78, 5) is 21.3. The fourth-order valence-electron chi connectivity index (χ4n) is 1.51. The van der Waals surface area contributed by atoms with E-state index in [0.29, 0.717) is 72.4 Å². The van der Waals surface area contributed by atoms with E-state index in [4.69, 9.17) is 23.7 Å². The number of hydrogen-bond donors (Lipinski definition) is 2. The molecule has 9 heteroatoms. The Kier molecular flexibility index (Phi) is 26.6. The summed E-state index contributed by atoms with van der Waals surface area (Å²) in [7, 11) is 0. The van der Waals surface area contributed by atoms with E-state index in [-0.39, 0.29) is 18.6 Å². The Bertz CT molecular complexity index is 331. The molecule has 0 unspecified atom stereocenters. The molecule has 0 aliphatic rings. The number of hydrogen-bond acceptors (Lipinski definition) is 7. The molecule has 0 atom stereocenters. The predicted octanol–water partition coefficient (Wildman–Crippen LogP) is 0.756. The van der Waals surface area contributed by atoms with Gasteiger partial charge in [-0.25, -0.2) is 0 Å². The summed E-state index contributed by atoms with van der Waals surface area (Å²) in [5.74, 6) is -0.144. The van der Waals surface area contributed by atoms with Gasteiger partial charge in [0.15, 0.2) is 0 Å². The van der Waals surface area contributed by atoms with Crippen LogP contribution in [0.1, 0.15) is 34.1 Å². The van der Waals surface area contributed by atoms with E-state index in [1.54, 1.807) is 0 Å². The molecule has 0 saturated heterocycles. The summed E-state index contributed by atoms with van der Waals surface area (Å²) in [6.07, 6.45) is 1.93. The Balaban J connectivity index is 0. The van der Waals surface area contributed by atoms with Crippen molar-refractivity contribution in [3.05, 3.63) is 0 Å². The van der Waals surface area contributed by atoms with Crippen molar-refractivity contribution in [3.8, 4) is 0 Å². The van der Waals surface area contributed by atoms with E-state index in [0.717, 1.165) is 0 Å². The second-order valence-electron chi connectivity index (χ2n) is 5.94. The molecule has 0 aliphatic heterocycles. The first-order valence-electron chi connectivity index (χ1n) is 9.94. The monoisotopic (exact) mass is 408 g/mol. The summed E-state index contributed by atoms with van der Waals surface area (Å²) in [5, 5.41) is 5.20. The molecular weight excluding hydrogens is 368 g/mol. The van der Waals surface area contributed by atoms with Crippen LogP contribution >= 0.6 is 0 Å². The first-order valence-corrected chi connectivity index (χ1v) is 9.94. The Morgan fingerprint density at radius 2 is 1.25 bits per heavy atom. The van der Waals surface area contributed by atoms with Gasteiger partial charge >= 0.3 is 0 Å². The van der Waals surface area contributed by atoms with E-state index < -0.39 is 0 Å². The van der Waals surface area contributed by atoms with Crippen LogP contribution in [0, 0.1) is 0 Å². The van der Waals surface area contributed by atoms with Gasteiger partial charge in [-0.3, -0.25) is 9.59 Å². The Morgan fingerprint density at radius 1 is 0.821 bits per heavy atom. The average molecular weight is 409 g/mol. The highest BCUT2D eigenvalue weighted by molar-refractivity contribution is 5.77. The van der Waals surface area contributed by atoms with Gasteiger partial charge in [-0.15, -0.1) is 0 Å². The van der Waals surface area contributed by atoms with E-state index >= 15 is 0 Å². The molecule has 0 saturated carbocycles. The van der Waals surface area contributed by atoms with Crippen LogP contribution in [0.15, 0.2) is 0 Å². The molecule has 0 rings (SSSR count). The van der Waals surface area contributed by atoms with Crippen LogP contribution in [0.5, 0.6) is 0 Å². The first kappa shape index (κ1) is 28.9. The SMILES string of the molecule is CC(C)OCC(=O)NCCOCCOCCOCCOCCNC=O.CCC. The van der Waals surface area contributed by atoms with Gasteiger partial charge in [0, 0.05) is 13.1 Å². The molecule has 0 bridgehead atoms. The smallest absolute Gasteiger partial charge is 0.246 e. The van der Waals surface area contributed by atoms with Gasteiger partial charge in [-0.05, 0) is 13.8 Å².